The van der Waals surface area contributed by atoms with E-state index in [1.807, 2.05) is 84.9 Å². The van der Waals surface area contributed by atoms with Crippen LogP contribution in [0.15, 0.2) is 96.6 Å². The Morgan fingerprint density at radius 1 is 0.897 bits per heavy atom. The number of aromatic nitrogens is 2. The fraction of sp³-hybridized carbons (Fsp3) is 0.156. The quantitative estimate of drug-likeness (QED) is 0.160. The van der Waals surface area contributed by atoms with Crippen LogP contribution in [0.25, 0.3) is 27.6 Å². The number of ketones is 1. The Morgan fingerprint density at radius 3 is 2.31 bits per heavy atom. The number of carbonyl (C=O) groups excluding carboxylic acids is 2. The van der Waals surface area contributed by atoms with Crippen molar-refractivity contribution in [2.75, 3.05) is 22.9 Å². The Balaban J connectivity index is 1.53. The van der Waals surface area contributed by atoms with Gasteiger partial charge in [0.1, 0.15) is 5.76 Å². The molecule has 2 heterocycles. The number of rotatable bonds is 6. The minimum absolute atomic E-state index is 0.0336. The summed E-state index contributed by atoms with van der Waals surface area (Å²) in [6, 6.07) is 27.7. The van der Waals surface area contributed by atoms with Crippen LogP contribution >= 0.6 is 0 Å². The van der Waals surface area contributed by atoms with Crippen LogP contribution < -0.4 is 9.80 Å². The van der Waals surface area contributed by atoms with Gasteiger partial charge in [-0.3, -0.25) is 14.5 Å². The van der Waals surface area contributed by atoms with E-state index in [0.717, 1.165) is 35.1 Å². The number of amides is 1. The van der Waals surface area contributed by atoms with E-state index in [2.05, 4.69) is 28.7 Å². The van der Waals surface area contributed by atoms with Gasteiger partial charge in [-0.15, -0.1) is 0 Å². The number of aromatic amines is 1. The van der Waals surface area contributed by atoms with Crippen molar-refractivity contribution in [3.63, 3.8) is 0 Å². The van der Waals surface area contributed by atoms with Crippen LogP contribution in [0.1, 0.15) is 31.0 Å². The number of fused-ring (bicyclic) bond motifs is 2. The number of anilines is 2. The van der Waals surface area contributed by atoms with E-state index in [-0.39, 0.29) is 17.3 Å². The summed E-state index contributed by atoms with van der Waals surface area (Å²) in [6.45, 7) is 5.90. The van der Waals surface area contributed by atoms with Crippen LogP contribution in [0.2, 0.25) is 0 Å². The van der Waals surface area contributed by atoms with Gasteiger partial charge in [0.05, 0.1) is 22.6 Å². The predicted molar refractivity (Wildman–Crippen MR) is 155 cm³/mol. The average molecular weight is 517 g/mol. The smallest absolute Gasteiger partial charge is 0.302 e. The van der Waals surface area contributed by atoms with Crippen molar-refractivity contribution in [3.8, 4) is 0 Å². The van der Waals surface area contributed by atoms with E-state index in [0.29, 0.717) is 16.6 Å². The van der Waals surface area contributed by atoms with Gasteiger partial charge in [-0.05, 0) is 60.5 Å². The normalized spacial score (nSPS) is 16.9. The summed E-state index contributed by atoms with van der Waals surface area (Å²) in [5.41, 5.74) is 3.68. The maximum atomic E-state index is 13.6. The molecule has 1 aliphatic rings. The number of nitrogens with one attached hydrogen (secondary N) is 1. The molecule has 0 bridgehead atoms. The van der Waals surface area contributed by atoms with Crippen LogP contribution in [0.3, 0.4) is 0 Å². The number of aliphatic hydroxyl groups is 1. The summed E-state index contributed by atoms with van der Waals surface area (Å²) in [5, 5.41) is 13.5. The standard InChI is InChI=1S/C32H28N4O3/c1-3-35(4-2)24-17-15-21(16-18-24)28-27(29(37)23-14-13-20-9-5-6-10-22(20)19-23)30(38)31(39)36(28)32-33-25-11-7-8-12-26(25)34-32/h5-19,28,37H,3-4H2,1-2H3,(H,33,34)/b29-27+. The number of nitrogens with zero attached hydrogens (tertiary/aromatic N) is 3. The fourth-order valence-corrected chi connectivity index (χ4v) is 5.37. The van der Waals surface area contributed by atoms with Crippen LogP contribution in [0, 0.1) is 0 Å². The number of aliphatic hydroxyl groups excluding tert-OH is 1. The van der Waals surface area contributed by atoms with E-state index >= 15 is 0 Å². The Kier molecular flexibility index (Phi) is 6.11. The summed E-state index contributed by atoms with van der Waals surface area (Å²) in [4.78, 5) is 38.5. The number of carbonyl (C=O) groups is 2. The lowest BCUT2D eigenvalue weighted by Crippen LogP contribution is -2.30. The van der Waals surface area contributed by atoms with Gasteiger partial charge in [0.2, 0.25) is 5.95 Å². The van der Waals surface area contributed by atoms with Crippen molar-refractivity contribution in [1.82, 2.24) is 9.97 Å². The first kappa shape index (κ1) is 24.4. The molecule has 1 amide bonds. The maximum absolute atomic E-state index is 13.6. The van der Waals surface area contributed by atoms with Crippen molar-refractivity contribution in [2.24, 2.45) is 0 Å². The predicted octanol–water partition coefficient (Wildman–Crippen LogP) is 6.19. The van der Waals surface area contributed by atoms with Crippen LogP contribution in [-0.2, 0) is 9.59 Å². The highest BCUT2D eigenvalue weighted by molar-refractivity contribution is 6.51. The molecule has 0 aliphatic carbocycles. The molecule has 4 aromatic carbocycles. The second kappa shape index (κ2) is 9.76. The topological polar surface area (TPSA) is 89.5 Å². The first-order chi connectivity index (χ1) is 19.0. The zero-order valence-corrected chi connectivity index (χ0v) is 21.8. The van der Waals surface area contributed by atoms with E-state index in [1.54, 1.807) is 6.07 Å². The van der Waals surface area contributed by atoms with Crippen LogP contribution in [0.4, 0.5) is 11.6 Å². The summed E-state index contributed by atoms with van der Waals surface area (Å²) >= 11 is 0. The molecule has 1 saturated heterocycles. The summed E-state index contributed by atoms with van der Waals surface area (Å²) in [7, 11) is 0. The highest BCUT2D eigenvalue weighted by Gasteiger charge is 2.48. The Labute approximate surface area is 226 Å². The lowest BCUT2D eigenvalue weighted by Gasteiger charge is -2.25. The van der Waals surface area contributed by atoms with Gasteiger partial charge in [-0.2, -0.15) is 0 Å². The summed E-state index contributed by atoms with van der Waals surface area (Å²) in [5.74, 6) is -1.45. The molecule has 6 rings (SSSR count). The molecular weight excluding hydrogens is 488 g/mol. The third-order valence-corrected chi connectivity index (χ3v) is 7.41. The molecule has 1 fully saturated rings. The molecule has 2 N–H and O–H groups in total. The largest absolute Gasteiger partial charge is 0.507 e. The number of hydrogen-bond acceptors (Lipinski definition) is 5. The number of imidazole rings is 1. The number of para-hydroxylation sites is 2. The Hall–Kier alpha value is -4.91. The number of Topliss-reactive ketones (excluding diaryl/α,β-unsaturated/α-hetero) is 1. The number of hydrogen-bond donors (Lipinski definition) is 2. The van der Waals surface area contributed by atoms with E-state index < -0.39 is 17.7 Å². The molecule has 7 nitrogen and oxygen atoms in total. The second-order valence-electron chi connectivity index (χ2n) is 9.57. The molecule has 0 saturated carbocycles. The number of H-pyrrole nitrogens is 1. The lowest BCUT2D eigenvalue weighted by molar-refractivity contribution is -0.132. The fourth-order valence-electron chi connectivity index (χ4n) is 5.37. The Morgan fingerprint density at radius 2 is 1.59 bits per heavy atom. The Bertz CT molecular complexity index is 1720. The molecule has 39 heavy (non-hydrogen) atoms. The molecule has 1 atom stereocenters. The molecule has 0 radical (unpaired) electrons. The molecular formula is C32H28N4O3. The third kappa shape index (κ3) is 4.12. The molecule has 1 unspecified atom stereocenters. The lowest BCUT2D eigenvalue weighted by atomic mass is 9.94. The van der Waals surface area contributed by atoms with Crippen molar-refractivity contribution in [1.29, 1.82) is 0 Å². The molecule has 7 heteroatoms. The first-order valence-corrected chi connectivity index (χ1v) is 13.1. The summed E-state index contributed by atoms with van der Waals surface area (Å²) < 4.78 is 0. The summed E-state index contributed by atoms with van der Waals surface area (Å²) in [6.07, 6.45) is 0. The maximum Gasteiger partial charge on any atom is 0.302 e. The minimum atomic E-state index is -0.859. The van der Waals surface area contributed by atoms with Gasteiger partial charge in [0.25, 0.3) is 5.78 Å². The first-order valence-electron chi connectivity index (χ1n) is 13.1. The van der Waals surface area contributed by atoms with Crippen molar-refractivity contribution in [3.05, 3.63) is 108 Å². The van der Waals surface area contributed by atoms with E-state index in [9.17, 15) is 14.7 Å². The molecule has 1 aliphatic heterocycles. The van der Waals surface area contributed by atoms with Crippen molar-refractivity contribution < 1.29 is 14.7 Å². The van der Waals surface area contributed by atoms with Crippen molar-refractivity contribution in [2.45, 2.75) is 19.9 Å². The second-order valence-corrected chi connectivity index (χ2v) is 9.57. The van der Waals surface area contributed by atoms with Gasteiger partial charge in [-0.1, -0.05) is 60.7 Å². The van der Waals surface area contributed by atoms with Crippen LogP contribution in [0.5, 0.6) is 0 Å². The monoisotopic (exact) mass is 516 g/mol. The zero-order chi connectivity index (χ0) is 27.1. The molecule has 0 spiro atoms. The van der Waals surface area contributed by atoms with Gasteiger partial charge >= 0.3 is 5.91 Å². The van der Waals surface area contributed by atoms with E-state index in [1.165, 1.54) is 4.90 Å². The molecule has 5 aromatic rings. The third-order valence-electron chi connectivity index (χ3n) is 7.41. The minimum Gasteiger partial charge on any atom is -0.507 e. The molecule has 1 aromatic heterocycles. The highest BCUT2D eigenvalue weighted by Crippen LogP contribution is 2.42. The average Bonchev–Trinajstić information content (AvgIpc) is 3.51. The molecule has 194 valence electrons. The van der Waals surface area contributed by atoms with Gasteiger partial charge in [-0.25, -0.2) is 4.98 Å². The van der Waals surface area contributed by atoms with Gasteiger partial charge in [0, 0.05) is 24.3 Å². The van der Waals surface area contributed by atoms with E-state index in [4.69, 9.17) is 0 Å². The van der Waals surface area contributed by atoms with Gasteiger partial charge < -0.3 is 15.0 Å². The zero-order valence-electron chi connectivity index (χ0n) is 21.8. The highest BCUT2D eigenvalue weighted by atomic mass is 16.3. The van der Waals surface area contributed by atoms with Gasteiger partial charge in [0.15, 0.2) is 0 Å². The number of benzene rings is 4. The SMILES string of the molecule is CCN(CC)c1ccc(C2/C(=C(\O)c3ccc4ccccc4c3)C(=O)C(=O)N2c2nc3ccccc3[nH]2)cc1. The van der Waals surface area contributed by atoms with Crippen LogP contribution in [-0.4, -0.2) is 39.9 Å². The van der Waals surface area contributed by atoms with Crippen molar-refractivity contribution >= 4 is 50.9 Å².